The number of hydrogen-bond donors (Lipinski definition) is 2. The molecule has 0 fully saturated rings. The SMILES string of the molecule is CCCc1cc(O)c2c(-c3ccc(C(=O)O)cc3)c(CC(C)(C)C#N)n(-c3ccc(F)cc3)c2c1. The first-order valence-electron chi connectivity index (χ1n) is 11.5. The molecule has 0 spiro atoms. The average molecular weight is 471 g/mol. The smallest absolute Gasteiger partial charge is 0.335 e. The predicted octanol–water partition coefficient (Wildman–Crippen LogP) is 6.89. The number of fused-ring (bicyclic) bond motifs is 1. The number of aryl methyl sites for hydroxylation is 1. The van der Waals surface area contributed by atoms with Gasteiger partial charge in [-0.05, 0) is 79.9 Å². The Bertz CT molecular complexity index is 1440. The topological polar surface area (TPSA) is 86.2 Å². The molecular weight excluding hydrogens is 443 g/mol. The second-order valence-corrected chi connectivity index (χ2v) is 9.45. The molecule has 6 heteroatoms. The molecular formula is C29H27FN2O3. The van der Waals surface area contributed by atoms with Crippen LogP contribution in [0.15, 0.2) is 60.7 Å². The van der Waals surface area contributed by atoms with E-state index in [0.717, 1.165) is 40.7 Å². The second-order valence-electron chi connectivity index (χ2n) is 9.45. The van der Waals surface area contributed by atoms with Crippen molar-refractivity contribution in [3.05, 3.63) is 83.3 Å². The van der Waals surface area contributed by atoms with Gasteiger partial charge >= 0.3 is 5.97 Å². The Morgan fingerprint density at radius 3 is 2.31 bits per heavy atom. The number of carboxylic acid groups (broad SMARTS) is 1. The first kappa shape index (κ1) is 24.0. The molecule has 0 aliphatic heterocycles. The number of carboxylic acids is 1. The molecule has 0 bridgehead atoms. The maximum atomic E-state index is 13.8. The summed E-state index contributed by atoms with van der Waals surface area (Å²) in [7, 11) is 0. The van der Waals surface area contributed by atoms with Crippen molar-refractivity contribution < 1.29 is 19.4 Å². The molecule has 0 amide bonds. The Hall–Kier alpha value is -4.11. The van der Waals surface area contributed by atoms with E-state index in [1.165, 1.54) is 24.3 Å². The fourth-order valence-corrected chi connectivity index (χ4v) is 4.54. The van der Waals surface area contributed by atoms with Gasteiger partial charge in [-0.2, -0.15) is 5.26 Å². The van der Waals surface area contributed by atoms with Gasteiger partial charge in [-0.15, -0.1) is 0 Å². The summed E-state index contributed by atoms with van der Waals surface area (Å²) in [6, 6.07) is 18.8. The summed E-state index contributed by atoms with van der Waals surface area (Å²) in [6.07, 6.45) is 2.04. The number of benzene rings is 3. The van der Waals surface area contributed by atoms with Gasteiger partial charge < -0.3 is 14.8 Å². The molecule has 0 aliphatic carbocycles. The van der Waals surface area contributed by atoms with Crippen LogP contribution in [-0.2, 0) is 12.8 Å². The molecule has 2 N–H and O–H groups in total. The molecule has 0 unspecified atom stereocenters. The van der Waals surface area contributed by atoms with Crippen molar-refractivity contribution in [3.8, 4) is 28.6 Å². The van der Waals surface area contributed by atoms with Gasteiger partial charge in [0.1, 0.15) is 11.6 Å². The van der Waals surface area contributed by atoms with Gasteiger partial charge in [-0.3, -0.25) is 0 Å². The number of rotatable bonds is 7. The highest BCUT2D eigenvalue weighted by Gasteiger charge is 2.28. The fraction of sp³-hybridized carbons (Fsp3) is 0.241. The highest BCUT2D eigenvalue weighted by Crippen LogP contribution is 2.44. The normalized spacial score (nSPS) is 11.5. The van der Waals surface area contributed by atoms with Crippen molar-refractivity contribution >= 4 is 16.9 Å². The minimum atomic E-state index is -1.02. The van der Waals surface area contributed by atoms with E-state index in [1.807, 2.05) is 24.5 Å². The molecule has 4 aromatic rings. The van der Waals surface area contributed by atoms with Crippen LogP contribution in [-0.4, -0.2) is 20.7 Å². The van der Waals surface area contributed by atoms with Crippen molar-refractivity contribution in [1.29, 1.82) is 5.26 Å². The summed E-state index contributed by atoms with van der Waals surface area (Å²) in [5.41, 5.74) is 4.09. The molecule has 0 saturated carbocycles. The first-order valence-corrected chi connectivity index (χ1v) is 11.5. The number of aromatic hydroxyl groups is 1. The van der Waals surface area contributed by atoms with Gasteiger partial charge in [0, 0.05) is 28.8 Å². The standard InChI is InChI=1S/C29H27FN2O3/c1-4-5-18-14-23-27(25(33)15-18)26(19-6-8-20(9-7-19)28(34)35)24(16-29(2,3)17-31)32(23)22-12-10-21(30)11-13-22/h6-15,33H,4-5,16H2,1-3H3,(H,34,35). The van der Waals surface area contributed by atoms with E-state index in [1.54, 1.807) is 30.3 Å². The number of halogens is 1. The van der Waals surface area contributed by atoms with Gasteiger partial charge in [-0.1, -0.05) is 25.5 Å². The van der Waals surface area contributed by atoms with Gasteiger partial charge in [-0.25, -0.2) is 9.18 Å². The van der Waals surface area contributed by atoms with Crippen LogP contribution in [0.25, 0.3) is 27.7 Å². The van der Waals surface area contributed by atoms with Crippen molar-refractivity contribution in [2.24, 2.45) is 5.41 Å². The number of aromatic nitrogens is 1. The van der Waals surface area contributed by atoms with Gasteiger partial charge in [0.15, 0.2) is 0 Å². The largest absolute Gasteiger partial charge is 0.507 e. The zero-order valence-electron chi connectivity index (χ0n) is 20.0. The van der Waals surface area contributed by atoms with Crippen LogP contribution in [0, 0.1) is 22.6 Å². The molecule has 0 aliphatic rings. The van der Waals surface area contributed by atoms with Crippen LogP contribution in [0.4, 0.5) is 4.39 Å². The van der Waals surface area contributed by atoms with E-state index >= 15 is 0 Å². The first-order chi connectivity index (χ1) is 16.6. The third-order valence-corrected chi connectivity index (χ3v) is 6.16. The summed E-state index contributed by atoms with van der Waals surface area (Å²) in [5.74, 6) is -1.27. The summed E-state index contributed by atoms with van der Waals surface area (Å²) in [6.45, 7) is 5.76. The molecule has 0 atom stereocenters. The van der Waals surface area contributed by atoms with Crippen molar-refractivity contribution in [2.45, 2.75) is 40.0 Å². The average Bonchev–Trinajstić information content (AvgIpc) is 3.13. The molecule has 0 radical (unpaired) electrons. The van der Waals surface area contributed by atoms with Crippen LogP contribution in [0.1, 0.15) is 48.8 Å². The van der Waals surface area contributed by atoms with Gasteiger partial charge in [0.2, 0.25) is 0 Å². The zero-order valence-corrected chi connectivity index (χ0v) is 20.0. The lowest BCUT2D eigenvalue weighted by molar-refractivity contribution is 0.0697. The van der Waals surface area contributed by atoms with E-state index in [2.05, 4.69) is 13.0 Å². The molecule has 178 valence electrons. The van der Waals surface area contributed by atoms with Gasteiger partial charge in [0.25, 0.3) is 0 Å². The van der Waals surface area contributed by atoms with Crippen LogP contribution in [0.5, 0.6) is 5.75 Å². The second kappa shape index (κ2) is 9.27. The predicted molar refractivity (Wildman–Crippen MR) is 134 cm³/mol. The highest BCUT2D eigenvalue weighted by atomic mass is 19.1. The molecule has 1 heterocycles. The number of aromatic carboxylic acids is 1. The van der Waals surface area contributed by atoms with Crippen molar-refractivity contribution in [3.63, 3.8) is 0 Å². The lowest BCUT2D eigenvalue weighted by Gasteiger charge is -2.20. The fourth-order valence-electron chi connectivity index (χ4n) is 4.54. The monoisotopic (exact) mass is 470 g/mol. The number of hydrogen-bond acceptors (Lipinski definition) is 3. The lowest BCUT2D eigenvalue weighted by Crippen LogP contribution is -2.15. The third-order valence-electron chi connectivity index (χ3n) is 6.16. The Morgan fingerprint density at radius 1 is 1.09 bits per heavy atom. The van der Waals surface area contributed by atoms with E-state index in [9.17, 15) is 24.7 Å². The van der Waals surface area contributed by atoms with Crippen molar-refractivity contribution in [2.75, 3.05) is 0 Å². The highest BCUT2D eigenvalue weighted by molar-refractivity contribution is 6.04. The Morgan fingerprint density at radius 2 is 1.74 bits per heavy atom. The molecule has 4 rings (SSSR count). The maximum Gasteiger partial charge on any atom is 0.335 e. The Labute approximate surface area is 203 Å². The number of nitrogens with zero attached hydrogens (tertiary/aromatic N) is 2. The van der Waals surface area contributed by atoms with Gasteiger partial charge in [0.05, 0.1) is 22.6 Å². The zero-order chi connectivity index (χ0) is 25.3. The van der Waals surface area contributed by atoms with Crippen molar-refractivity contribution in [1.82, 2.24) is 4.57 Å². The van der Waals surface area contributed by atoms with Crippen LogP contribution in [0.2, 0.25) is 0 Å². The summed E-state index contributed by atoms with van der Waals surface area (Å²) >= 11 is 0. The number of phenolic OH excluding ortho intramolecular Hbond substituents is 1. The number of carbonyl (C=O) groups is 1. The summed E-state index contributed by atoms with van der Waals surface area (Å²) in [5, 5.41) is 31.0. The molecule has 0 saturated heterocycles. The Kier molecular flexibility index (Phi) is 6.36. The summed E-state index contributed by atoms with van der Waals surface area (Å²) in [4.78, 5) is 11.4. The van der Waals surface area contributed by atoms with Crippen LogP contribution >= 0.6 is 0 Å². The molecule has 1 aromatic heterocycles. The third kappa shape index (κ3) is 4.63. The lowest BCUT2D eigenvalue weighted by atomic mass is 9.86. The van der Waals surface area contributed by atoms with Crippen LogP contribution < -0.4 is 0 Å². The van der Waals surface area contributed by atoms with E-state index in [0.29, 0.717) is 17.5 Å². The van der Waals surface area contributed by atoms with E-state index < -0.39 is 11.4 Å². The minimum absolute atomic E-state index is 0.111. The van der Waals surface area contributed by atoms with Crippen LogP contribution in [0.3, 0.4) is 0 Å². The van der Waals surface area contributed by atoms with E-state index in [-0.39, 0.29) is 17.1 Å². The Balaban J connectivity index is 2.14. The molecule has 5 nitrogen and oxygen atoms in total. The number of nitriles is 1. The number of phenols is 1. The maximum absolute atomic E-state index is 13.8. The van der Waals surface area contributed by atoms with E-state index in [4.69, 9.17) is 0 Å². The molecule has 35 heavy (non-hydrogen) atoms. The summed E-state index contributed by atoms with van der Waals surface area (Å²) < 4.78 is 15.8. The molecule has 3 aromatic carbocycles. The minimum Gasteiger partial charge on any atom is -0.507 e. The quantitative estimate of drug-likeness (QED) is 0.308.